The minimum absolute atomic E-state index is 0.0604. The molecule has 28 heavy (non-hydrogen) atoms. The van der Waals surface area contributed by atoms with Gasteiger partial charge in [0.25, 0.3) is 0 Å². The number of nitrogens with zero attached hydrogens (tertiary/aromatic N) is 1. The Hall–Kier alpha value is -2.99. The number of hydrogen-bond acceptors (Lipinski definition) is 6. The molecule has 0 aromatic heterocycles. The van der Waals surface area contributed by atoms with Crippen LogP contribution in [0.4, 0.5) is 0 Å². The zero-order valence-corrected chi connectivity index (χ0v) is 16.5. The Bertz CT molecular complexity index is 975. The molecule has 0 N–H and O–H groups in total. The van der Waals surface area contributed by atoms with Crippen LogP contribution in [0, 0.1) is 0 Å². The molecule has 0 amide bonds. The van der Waals surface area contributed by atoms with E-state index in [-0.39, 0.29) is 5.78 Å². The van der Waals surface area contributed by atoms with Gasteiger partial charge >= 0.3 is 0 Å². The van der Waals surface area contributed by atoms with Gasteiger partial charge in [0, 0.05) is 13.1 Å². The summed E-state index contributed by atoms with van der Waals surface area (Å²) in [5.41, 5.74) is 3.47. The van der Waals surface area contributed by atoms with Gasteiger partial charge in [-0.2, -0.15) is 0 Å². The first-order valence-corrected chi connectivity index (χ1v) is 9.13. The highest BCUT2D eigenvalue weighted by molar-refractivity contribution is 6.13. The van der Waals surface area contributed by atoms with Crippen LogP contribution in [-0.2, 0) is 13.1 Å². The summed E-state index contributed by atoms with van der Waals surface area (Å²) in [7, 11) is 3.25. The number of ketones is 1. The maximum absolute atomic E-state index is 12.6. The van der Waals surface area contributed by atoms with Crippen LogP contribution in [0.3, 0.4) is 0 Å². The number of ether oxygens (including phenoxy) is 4. The summed E-state index contributed by atoms with van der Waals surface area (Å²) >= 11 is 0. The fourth-order valence-electron chi connectivity index (χ4n) is 3.56. The number of benzene rings is 2. The monoisotopic (exact) mass is 381 g/mol. The van der Waals surface area contributed by atoms with Crippen LogP contribution in [0.5, 0.6) is 23.0 Å². The average molecular weight is 381 g/mol. The van der Waals surface area contributed by atoms with E-state index in [1.165, 1.54) is 0 Å². The van der Waals surface area contributed by atoms with Crippen molar-refractivity contribution >= 4 is 5.78 Å². The molecule has 0 unspecified atom stereocenters. The summed E-state index contributed by atoms with van der Waals surface area (Å²) in [6.07, 6.45) is 0. The van der Waals surface area contributed by atoms with E-state index in [2.05, 4.69) is 4.90 Å². The predicted octanol–water partition coefficient (Wildman–Crippen LogP) is 3.92. The highest BCUT2D eigenvalue weighted by Crippen LogP contribution is 2.42. The van der Waals surface area contributed by atoms with Crippen LogP contribution in [-0.4, -0.2) is 31.6 Å². The molecule has 2 aliphatic rings. The minimum atomic E-state index is -0.0604. The van der Waals surface area contributed by atoms with E-state index in [4.69, 9.17) is 18.9 Å². The van der Waals surface area contributed by atoms with E-state index in [0.29, 0.717) is 48.4 Å². The molecule has 2 aromatic rings. The highest BCUT2D eigenvalue weighted by Gasteiger charge is 2.34. The zero-order valence-electron chi connectivity index (χ0n) is 16.5. The molecule has 0 atom stereocenters. The van der Waals surface area contributed by atoms with Gasteiger partial charge < -0.3 is 18.9 Å². The maximum Gasteiger partial charge on any atom is 0.231 e. The van der Waals surface area contributed by atoms with Crippen molar-refractivity contribution in [1.29, 1.82) is 0 Å². The topological polar surface area (TPSA) is 57.2 Å². The molecule has 0 fully saturated rings. The predicted molar refractivity (Wildman–Crippen MR) is 104 cm³/mol. The molecule has 6 nitrogen and oxygen atoms in total. The summed E-state index contributed by atoms with van der Waals surface area (Å²) in [6.45, 7) is 5.53. The third-order valence-electron chi connectivity index (χ3n) is 4.97. The van der Waals surface area contributed by atoms with Gasteiger partial charge in [0.1, 0.15) is 18.2 Å². The summed E-state index contributed by atoms with van der Waals surface area (Å²) in [4.78, 5) is 14.7. The van der Waals surface area contributed by atoms with Gasteiger partial charge in [-0.3, -0.25) is 9.69 Å². The quantitative estimate of drug-likeness (QED) is 0.748. The fraction of sp³-hybridized carbons (Fsp3) is 0.318. The molecule has 0 saturated heterocycles. The third-order valence-corrected chi connectivity index (χ3v) is 4.97. The molecule has 0 aliphatic carbocycles. The zero-order chi connectivity index (χ0) is 19.8. The first-order valence-electron chi connectivity index (χ1n) is 9.13. The van der Waals surface area contributed by atoms with E-state index in [1.807, 2.05) is 38.1 Å². The number of Topliss-reactive ketones (excluding diaryl/α,β-unsaturated/α-hetero) is 1. The SMILES string of the molecule is COc1ccc(CN2COc3ccc4c(c3C2)OC(=C(C)C)C4=O)cc1OC. The Morgan fingerprint density at radius 1 is 1.11 bits per heavy atom. The molecular weight excluding hydrogens is 358 g/mol. The molecule has 146 valence electrons. The smallest absolute Gasteiger partial charge is 0.231 e. The Morgan fingerprint density at radius 2 is 1.89 bits per heavy atom. The lowest BCUT2D eigenvalue weighted by Gasteiger charge is -2.30. The molecule has 2 aromatic carbocycles. The number of methoxy groups -OCH3 is 2. The Morgan fingerprint density at radius 3 is 2.61 bits per heavy atom. The summed E-state index contributed by atoms with van der Waals surface area (Å²) < 4.78 is 22.6. The molecule has 6 heteroatoms. The Balaban J connectivity index is 1.59. The lowest BCUT2D eigenvalue weighted by Crippen LogP contribution is -2.31. The number of hydrogen-bond donors (Lipinski definition) is 0. The summed E-state index contributed by atoms with van der Waals surface area (Å²) in [5.74, 6) is 3.14. The lowest BCUT2D eigenvalue weighted by molar-refractivity contribution is 0.0871. The van der Waals surface area contributed by atoms with Gasteiger partial charge in [0.2, 0.25) is 5.78 Å². The minimum Gasteiger partial charge on any atom is -0.493 e. The normalized spacial score (nSPS) is 15.4. The second kappa shape index (κ2) is 7.20. The van der Waals surface area contributed by atoms with E-state index in [0.717, 1.165) is 22.4 Å². The van der Waals surface area contributed by atoms with Crippen LogP contribution >= 0.6 is 0 Å². The van der Waals surface area contributed by atoms with Gasteiger partial charge in [-0.15, -0.1) is 0 Å². The molecule has 0 bridgehead atoms. The van der Waals surface area contributed by atoms with Crippen LogP contribution in [0.25, 0.3) is 0 Å². The second-order valence-electron chi connectivity index (χ2n) is 7.13. The van der Waals surface area contributed by atoms with Crippen molar-refractivity contribution in [3.8, 4) is 23.0 Å². The van der Waals surface area contributed by atoms with Crippen molar-refractivity contribution in [3.05, 3.63) is 58.4 Å². The number of carbonyl (C=O) groups excluding carboxylic acids is 1. The van der Waals surface area contributed by atoms with Crippen molar-refractivity contribution in [1.82, 2.24) is 4.90 Å². The van der Waals surface area contributed by atoms with Crippen molar-refractivity contribution in [2.75, 3.05) is 21.0 Å². The molecule has 0 spiro atoms. The van der Waals surface area contributed by atoms with E-state index in [1.54, 1.807) is 20.3 Å². The maximum atomic E-state index is 12.6. The largest absolute Gasteiger partial charge is 0.493 e. The van der Waals surface area contributed by atoms with Gasteiger partial charge in [-0.05, 0) is 49.2 Å². The Labute approximate surface area is 164 Å². The first kappa shape index (κ1) is 18.4. The van der Waals surface area contributed by atoms with Gasteiger partial charge in [0.15, 0.2) is 17.3 Å². The van der Waals surface area contributed by atoms with Gasteiger partial charge in [-0.1, -0.05) is 6.07 Å². The van der Waals surface area contributed by atoms with Gasteiger partial charge in [0.05, 0.1) is 25.3 Å². The van der Waals surface area contributed by atoms with Gasteiger partial charge in [-0.25, -0.2) is 0 Å². The van der Waals surface area contributed by atoms with Crippen LogP contribution < -0.4 is 18.9 Å². The van der Waals surface area contributed by atoms with E-state index in [9.17, 15) is 4.79 Å². The second-order valence-corrected chi connectivity index (χ2v) is 7.13. The molecule has 0 saturated carbocycles. The molecular formula is C22H23NO5. The summed E-state index contributed by atoms with van der Waals surface area (Å²) in [5, 5.41) is 0. The van der Waals surface area contributed by atoms with Crippen molar-refractivity contribution in [2.45, 2.75) is 26.9 Å². The first-order chi connectivity index (χ1) is 13.5. The van der Waals surface area contributed by atoms with E-state index >= 15 is 0 Å². The molecule has 2 aliphatic heterocycles. The van der Waals surface area contributed by atoms with E-state index < -0.39 is 0 Å². The van der Waals surface area contributed by atoms with Crippen molar-refractivity contribution < 1.29 is 23.7 Å². The van der Waals surface area contributed by atoms with Crippen molar-refractivity contribution in [3.63, 3.8) is 0 Å². The molecule has 2 heterocycles. The molecule has 4 rings (SSSR count). The standard InChI is InChI=1S/C22H23NO5/c1-13(2)21-20(24)15-6-8-17-16(22(15)28-21)11-23(12-27-17)10-14-5-7-18(25-3)19(9-14)26-4/h5-9H,10-12H2,1-4H3. The number of fused-ring (bicyclic) bond motifs is 3. The number of rotatable bonds is 4. The van der Waals surface area contributed by atoms with Crippen LogP contribution in [0.15, 0.2) is 41.7 Å². The third kappa shape index (κ3) is 3.10. The van der Waals surface area contributed by atoms with Crippen LogP contribution in [0.1, 0.15) is 35.3 Å². The number of allylic oxidation sites excluding steroid dienone is 2. The highest BCUT2D eigenvalue weighted by atomic mass is 16.5. The molecule has 0 radical (unpaired) electrons. The van der Waals surface area contributed by atoms with Crippen molar-refractivity contribution in [2.24, 2.45) is 0 Å². The fourth-order valence-corrected chi connectivity index (χ4v) is 3.56. The summed E-state index contributed by atoms with van der Waals surface area (Å²) in [6, 6.07) is 9.51. The average Bonchev–Trinajstić information content (AvgIpc) is 3.05. The lowest BCUT2D eigenvalue weighted by atomic mass is 10.0. The Kier molecular flexibility index (Phi) is 4.73. The van der Waals surface area contributed by atoms with Crippen LogP contribution in [0.2, 0.25) is 0 Å². The number of carbonyl (C=O) groups is 1.